The molecule has 9 heteroatoms. The van der Waals surface area contributed by atoms with Gasteiger partial charge in [-0.15, -0.1) is 0 Å². The van der Waals surface area contributed by atoms with Crippen LogP contribution in [0.15, 0.2) is 12.1 Å². The molecule has 1 amide bonds. The number of benzene rings is 1. The summed E-state index contributed by atoms with van der Waals surface area (Å²) in [6.07, 6.45) is -0.133. The fourth-order valence-corrected chi connectivity index (χ4v) is 4.15. The number of hydrogen-bond donors (Lipinski definition) is 4. The molecule has 1 atom stereocenters. The number of aliphatic hydroxyl groups excluding tert-OH is 1. The van der Waals surface area contributed by atoms with Gasteiger partial charge in [-0.05, 0) is 36.2 Å². The van der Waals surface area contributed by atoms with E-state index in [0.717, 1.165) is 18.5 Å². The van der Waals surface area contributed by atoms with Crippen LogP contribution in [0.2, 0.25) is 6.32 Å². The summed E-state index contributed by atoms with van der Waals surface area (Å²) in [6, 6.07) is 3.36. The van der Waals surface area contributed by atoms with Gasteiger partial charge in [-0.1, -0.05) is 19.9 Å². The van der Waals surface area contributed by atoms with Gasteiger partial charge in [0.25, 0.3) is 0 Å². The molecule has 0 radical (unpaired) electrons. The van der Waals surface area contributed by atoms with Crippen molar-refractivity contribution in [3.05, 3.63) is 23.3 Å². The second kappa shape index (κ2) is 7.22. The number of nitrogens with zero attached hydrogens (tertiary/aromatic N) is 1. The number of carbonyl (C=O) groups is 1. The van der Waals surface area contributed by atoms with Gasteiger partial charge in [0, 0.05) is 6.54 Å². The number of amides is 1. The molecular formula is C19H27BN2O6. The van der Waals surface area contributed by atoms with E-state index in [-0.39, 0.29) is 34.8 Å². The minimum Gasteiger partial charge on any atom is -0.535 e. The van der Waals surface area contributed by atoms with E-state index in [0.29, 0.717) is 31.6 Å². The second-order valence-electron chi connectivity index (χ2n) is 8.74. The summed E-state index contributed by atoms with van der Waals surface area (Å²) in [5, 5.41) is 32.7. The molecule has 1 aromatic carbocycles. The minimum atomic E-state index is -1.78. The quantitative estimate of drug-likeness (QED) is 0.425. The van der Waals surface area contributed by atoms with Crippen LogP contribution in [0.25, 0.3) is 0 Å². The number of aliphatic hydroxyl groups is 2. The summed E-state index contributed by atoms with van der Waals surface area (Å²) in [4.78, 5) is 14.4. The van der Waals surface area contributed by atoms with Crippen molar-refractivity contribution in [2.45, 2.75) is 51.4 Å². The first-order chi connectivity index (χ1) is 13.2. The van der Waals surface area contributed by atoms with Crippen LogP contribution in [0, 0.1) is 5.41 Å². The smallest absolute Gasteiger partial charge is 0.522 e. The zero-order chi connectivity index (χ0) is 20.1. The molecule has 2 fully saturated rings. The Morgan fingerprint density at radius 1 is 1.39 bits per heavy atom. The summed E-state index contributed by atoms with van der Waals surface area (Å²) in [5.41, 5.74) is 1.06. The van der Waals surface area contributed by atoms with Crippen molar-refractivity contribution in [2.24, 2.45) is 5.41 Å². The lowest BCUT2D eigenvalue weighted by Gasteiger charge is -2.40. The standard InChI is InChI=1S/C19H27BN2O6/c1-19(2)7-13(21-10-19)17(23)22-8-12(9-22)27-14-4-3-11-5-6-20(26)28-16(11)15(14)18(24)25/h3-4,12-13,18,21,24-26H,5-10H2,1-2H3/t13-/m0/s1. The normalized spacial score (nSPS) is 24.0. The molecule has 2 saturated heterocycles. The molecule has 28 heavy (non-hydrogen) atoms. The van der Waals surface area contributed by atoms with E-state index in [9.17, 15) is 20.0 Å². The van der Waals surface area contributed by atoms with E-state index >= 15 is 0 Å². The maximum Gasteiger partial charge on any atom is 0.522 e. The van der Waals surface area contributed by atoms with Gasteiger partial charge in [0.1, 0.15) is 17.6 Å². The van der Waals surface area contributed by atoms with Gasteiger partial charge in [-0.3, -0.25) is 4.79 Å². The van der Waals surface area contributed by atoms with Gasteiger partial charge in [0.2, 0.25) is 5.91 Å². The van der Waals surface area contributed by atoms with E-state index in [1.54, 1.807) is 11.0 Å². The maximum absolute atomic E-state index is 12.6. The Kier molecular flexibility index (Phi) is 5.03. The third kappa shape index (κ3) is 3.71. The Morgan fingerprint density at radius 3 is 2.79 bits per heavy atom. The van der Waals surface area contributed by atoms with E-state index in [1.807, 2.05) is 6.07 Å². The van der Waals surface area contributed by atoms with Crippen molar-refractivity contribution in [2.75, 3.05) is 19.6 Å². The molecule has 4 rings (SSSR count). The molecule has 3 aliphatic heterocycles. The molecular weight excluding hydrogens is 363 g/mol. The highest BCUT2D eigenvalue weighted by molar-refractivity contribution is 6.44. The first-order valence-corrected chi connectivity index (χ1v) is 9.79. The molecule has 3 aliphatic rings. The number of aryl methyl sites for hydroxylation is 1. The maximum atomic E-state index is 12.6. The Labute approximate surface area is 164 Å². The zero-order valence-electron chi connectivity index (χ0n) is 16.2. The largest absolute Gasteiger partial charge is 0.535 e. The Morgan fingerprint density at radius 2 is 2.14 bits per heavy atom. The van der Waals surface area contributed by atoms with Gasteiger partial charge in [0.15, 0.2) is 6.29 Å². The zero-order valence-corrected chi connectivity index (χ0v) is 16.2. The SMILES string of the molecule is CC1(C)CN[C@H](C(=O)N2CC(Oc3ccc4c(c3C(O)O)OB(O)CC4)C2)C1. The molecule has 0 unspecified atom stereocenters. The van der Waals surface area contributed by atoms with Crippen molar-refractivity contribution in [1.82, 2.24) is 10.2 Å². The predicted octanol–water partition coefficient (Wildman–Crippen LogP) is 0.0629. The molecule has 1 aromatic rings. The summed E-state index contributed by atoms with van der Waals surface area (Å²) in [7, 11) is -0.972. The highest BCUT2D eigenvalue weighted by atomic mass is 16.5. The van der Waals surface area contributed by atoms with Crippen molar-refractivity contribution in [3.63, 3.8) is 0 Å². The third-order valence-corrected chi connectivity index (χ3v) is 5.75. The van der Waals surface area contributed by atoms with Gasteiger partial charge in [-0.2, -0.15) is 0 Å². The van der Waals surface area contributed by atoms with Crippen molar-refractivity contribution in [3.8, 4) is 11.5 Å². The average molecular weight is 390 g/mol. The van der Waals surface area contributed by atoms with E-state index in [1.165, 1.54) is 0 Å². The molecule has 8 nitrogen and oxygen atoms in total. The molecule has 0 aliphatic carbocycles. The number of nitrogens with one attached hydrogen (secondary N) is 1. The highest BCUT2D eigenvalue weighted by Gasteiger charge is 2.41. The van der Waals surface area contributed by atoms with E-state index in [4.69, 9.17) is 9.39 Å². The summed E-state index contributed by atoms with van der Waals surface area (Å²) >= 11 is 0. The van der Waals surface area contributed by atoms with E-state index in [2.05, 4.69) is 19.2 Å². The summed E-state index contributed by atoms with van der Waals surface area (Å²) < 4.78 is 11.4. The first-order valence-electron chi connectivity index (χ1n) is 9.79. The van der Waals surface area contributed by atoms with E-state index < -0.39 is 13.4 Å². The van der Waals surface area contributed by atoms with Crippen molar-refractivity contribution < 1.29 is 29.4 Å². The number of rotatable bonds is 4. The lowest BCUT2D eigenvalue weighted by Crippen LogP contribution is -2.59. The van der Waals surface area contributed by atoms with Crippen molar-refractivity contribution in [1.29, 1.82) is 0 Å². The van der Waals surface area contributed by atoms with Gasteiger partial charge in [-0.25, -0.2) is 0 Å². The Balaban J connectivity index is 1.41. The van der Waals surface area contributed by atoms with Crippen LogP contribution in [0.5, 0.6) is 11.5 Å². The topological polar surface area (TPSA) is 111 Å². The number of hydrogen-bond acceptors (Lipinski definition) is 7. The molecule has 0 saturated carbocycles. The fourth-order valence-electron chi connectivity index (χ4n) is 4.15. The van der Waals surface area contributed by atoms with Crippen LogP contribution >= 0.6 is 0 Å². The Hall–Kier alpha value is -1.81. The number of fused-ring (bicyclic) bond motifs is 1. The number of ether oxygens (including phenoxy) is 1. The molecule has 152 valence electrons. The number of likely N-dealkylation sites (tertiary alicyclic amines) is 1. The van der Waals surface area contributed by atoms with Crippen LogP contribution < -0.4 is 14.7 Å². The average Bonchev–Trinajstić information content (AvgIpc) is 2.96. The summed E-state index contributed by atoms with van der Waals surface area (Å²) in [5.74, 6) is 0.667. The lowest BCUT2D eigenvalue weighted by molar-refractivity contribution is -0.142. The monoisotopic (exact) mass is 390 g/mol. The lowest BCUT2D eigenvalue weighted by atomic mass is 9.78. The number of carbonyl (C=O) groups excluding carboxylic acids is 1. The first kappa shape index (κ1) is 19.5. The summed E-state index contributed by atoms with van der Waals surface area (Å²) in [6.45, 7) is 6.03. The third-order valence-electron chi connectivity index (χ3n) is 5.75. The van der Waals surface area contributed by atoms with Gasteiger partial charge >= 0.3 is 7.12 Å². The van der Waals surface area contributed by atoms with Gasteiger partial charge < -0.3 is 34.8 Å². The van der Waals surface area contributed by atoms with Gasteiger partial charge in [0.05, 0.1) is 24.7 Å². The van der Waals surface area contributed by atoms with Crippen LogP contribution in [0.1, 0.15) is 37.7 Å². The molecule has 0 bridgehead atoms. The van der Waals surface area contributed by atoms with Crippen molar-refractivity contribution >= 4 is 13.0 Å². The minimum absolute atomic E-state index is 0.0877. The van der Waals surface area contributed by atoms with Crippen LogP contribution in [-0.4, -0.2) is 64.9 Å². The molecule has 0 aromatic heterocycles. The fraction of sp³-hybridized carbons (Fsp3) is 0.632. The second-order valence-corrected chi connectivity index (χ2v) is 8.74. The Bertz CT molecular complexity index is 765. The van der Waals surface area contributed by atoms with Crippen LogP contribution in [0.4, 0.5) is 0 Å². The van der Waals surface area contributed by atoms with Crippen LogP contribution in [-0.2, 0) is 11.2 Å². The van der Waals surface area contributed by atoms with Crippen LogP contribution in [0.3, 0.4) is 0 Å². The molecule has 3 heterocycles. The highest BCUT2D eigenvalue weighted by Crippen LogP contribution is 2.40. The molecule has 0 spiro atoms. The molecule has 4 N–H and O–H groups in total. The predicted molar refractivity (Wildman–Crippen MR) is 102 cm³/mol.